The number of nitrogens with one attached hydrogen (secondary N) is 2. The molecule has 2 amide bonds. The van der Waals surface area contributed by atoms with Crippen molar-refractivity contribution in [2.24, 2.45) is 0 Å². The van der Waals surface area contributed by atoms with Crippen LogP contribution >= 0.6 is 11.6 Å². The summed E-state index contributed by atoms with van der Waals surface area (Å²) in [6, 6.07) is 11.0. The van der Waals surface area contributed by atoms with E-state index < -0.39 is 0 Å². The summed E-state index contributed by atoms with van der Waals surface area (Å²) in [6.45, 7) is 3.58. The van der Waals surface area contributed by atoms with Crippen LogP contribution in [0.2, 0.25) is 5.02 Å². The molecule has 0 bridgehead atoms. The molecule has 0 radical (unpaired) electrons. The molecule has 2 aromatic rings. The quantitative estimate of drug-likeness (QED) is 0.885. The number of rotatable bonds is 4. The molecule has 1 aliphatic rings. The monoisotopic (exact) mass is 346 g/mol. The van der Waals surface area contributed by atoms with E-state index in [1.165, 1.54) is 0 Å². The molecule has 5 nitrogen and oxygen atoms in total. The molecule has 3 rings (SSSR count). The van der Waals surface area contributed by atoms with Crippen molar-refractivity contribution >= 4 is 23.3 Å². The fourth-order valence-electron chi connectivity index (χ4n) is 2.41. The van der Waals surface area contributed by atoms with E-state index in [1.807, 2.05) is 37.3 Å². The molecule has 0 atom stereocenters. The Morgan fingerprint density at radius 3 is 2.71 bits per heavy atom. The number of carbonyl (C=O) groups is 1. The Balaban J connectivity index is 1.49. The summed E-state index contributed by atoms with van der Waals surface area (Å²) in [7, 11) is 0. The van der Waals surface area contributed by atoms with Crippen molar-refractivity contribution in [1.29, 1.82) is 0 Å². The number of aryl methyl sites for hydroxylation is 1. The smallest absolute Gasteiger partial charge is 0.319 e. The van der Waals surface area contributed by atoms with Gasteiger partial charge in [-0.05, 0) is 48.7 Å². The van der Waals surface area contributed by atoms with E-state index in [-0.39, 0.29) is 6.03 Å². The molecule has 0 aromatic heterocycles. The van der Waals surface area contributed by atoms with E-state index in [1.54, 1.807) is 6.07 Å². The first-order valence-corrected chi connectivity index (χ1v) is 8.19. The molecule has 0 fully saturated rings. The van der Waals surface area contributed by atoms with Gasteiger partial charge in [0.05, 0.1) is 0 Å². The Morgan fingerprint density at radius 1 is 1.12 bits per heavy atom. The van der Waals surface area contributed by atoms with Crippen LogP contribution in [0.5, 0.6) is 11.5 Å². The first kappa shape index (κ1) is 16.5. The van der Waals surface area contributed by atoms with Crippen LogP contribution in [0.1, 0.15) is 11.1 Å². The molecule has 0 unspecified atom stereocenters. The molecule has 24 heavy (non-hydrogen) atoms. The number of ether oxygens (including phenoxy) is 2. The topological polar surface area (TPSA) is 59.6 Å². The lowest BCUT2D eigenvalue weighted by molar-refractivity contribution is 0.171. The third-order valence-corrected chi connectivity index (χ3v) is 4.14. The fourth-order valence-corrected chi connectivity index (χ4v) is 2.59. The number of halogens is 1. The van der Waals surface area contributed by atoms with E-state index in [9.17, 15) is 4.79 Å². The molecule has 0 spiro atoms. The van der Waals surface area contributed by atoms with Gasteiger partial charge in [0, 0.05) is 17.3 Å². The third kappa shape index (κ3) is 4.11. The molecule has 2 N–H and O–H groups in total. The summed E-state index contributed by atoms with van der Waals surface area (Å²) in [5.41, 5.74) is 2.72. The van der Waals surface area contributed by atoms with E-state index in [0.717, 1.165) is 22.6 Å². The Morgan fingerprint density at radius 2 is 1.92 bits per heavy atom. The van der Waals surface area contributed by atoms with Crippen molar-refractivity contribution in [1.82, 2.24) is 5.32 Å². The number of fused-ring (bicyclic) bond motifs is 1. The highest BCUT2D eigenvalue weighted by Gasteiger charge is 2.11. The number of urea groups is 1. The molecule has 0 aliphatic carbocycles. The summed E-state index contributed by atoms with van der Waals surface area (Å²) in [5, 5.41) is 6.22. The van der Waals surface area contributed by atoms with E-state index in [0.29, 0.717) is 36.9 Å². The molecular weight excluding hydrogens is 328 g/mol. The highest BCUT2D eigenvalue weighted by Crippen LogP contribution is 2.30. The van der Waals surface area contributed by atoms with Crippen molar-refractivity contribution in [2.75, 3.05) is 25.1 Å². The number of benzene rings is 2. The zero-order valence-electron chi connectivity index (χ0n) is 13.4. The maximum absolute atomic E-state index is 11.9. The lowest BCUT2D eigenvalue weighted by atomic mass is 10.1. The van der Waals surface area contributed by atoms with Gasteiger partial charge in [0.2, 0.25) is 0 Å². The van der Waals surface area contributed by atoms with Crippen LogP contribution in [0.3, 0.4) is 0 Å². The minimum atomic E-state index is -0.257. The Kier molecular flexibility index (Phi) is 5.11. The van der Waals surface area contributed by atoms with Gasteiger partial charge >= 0.3 is 6.03 Å². The predicted octanol–water partition coefficient (Wildman–Crippen LogP) is 3.78. The number of hydrogen-bond acceptors (Lipinski definition) is 3. The Labute approximate surface area is 145 Å². The van der Waals surface area contributed by atoms with Crippen LogP contribution in [-0.4, -0.2) is 25.8 Å². The summed E-state index contributed by atoms with van der Waals surface area (Å²) >= 11 is 6.05. The average Bonchev–Trinajstić information content (AvgIpc) is 2.58. The van der Waals surface area contributed by atoms with Gasteiger partial charge < -0.3 is 20.1 Å². The summed E-state index contributed by atoms with van der Waals surface area (Å²) in [6.07, 6.45) is 0.707. The van der Waals surface area contributed by atoms with Crippen molar-refractivity contribution in [3.05, 3.63) is 52.5 Å². The van der Waals surface area contributed by atoms with Gasteiger partial charge in [-0.15, -0.1) is 0 Å². The van der Waals surface area contributed by atoms with Gasteiger partial charge in [0.1, 0.15) is 13.2 Å². The molecule has 2 aromatic carbocycles. The second kappa shape index (κ2) is 7.45. The fraction of sp³-hybridized carbons (Fsp3) is 0.278. The number of carbonyl (C=O) groups excluding carboxylic acids is 1. The number of hydrogen-bond donors (Lipinski definition) is 2. The van der Waals surface area contributed by atoms with Gasteiger partial charge in [-0.1, -0.05) is 23.7 Å². The van der Waals surface area contributed by atoms with Gasteiger partial charge in [0.25, 0.3) is 0 Å². The lowest BCUT2D eigenvalue weighted by Crippen LogP contribution is -2.30. The molecule has 0 saturated heterocycles. The van der Waals surface area contributed by atoms with Crippen molar-refractivity contribution in [3.8, 4) is 11.5 Å². The van der Waals surface area contributed by atoms with E-state index in [2.05, 4.69) is 10.6 Å². The largest absolute Gasteiger partial charge is 0.486 e. The van der Waals surface area contributed by atoms with Gasteiger partial charge in [0.15, 0.2) is 11.5 Å². The lowest BCUT2D eigenvalue weighted by Gasteiger charge is -2.18. The Hall–Kier alpha value is -2.40. The molecule has 6 heteroatoms. The molecule has 1 heterocycles. The van der Waals surface area contributed by atoms with Crippen molar-refractivity contribution < 1.29 is 14.3 Å². The summed E-state index contributed by atoms with van der Waals surface area (Å²) < 4.78 is 11.0. The average molecular weight is 347 g/mol. The maximum atomic E-state index is 11.9. The van der Waals surface area contributed by atoms with Gasteiger partial charge in [-0.25, -0.2) is 4.79 Å². The van der Waals surface area contributed by atoms with Crippen molar-refractivity contribution in [3.63, 3.8) is 0 Å². The van der Waals surface area contributed by atoms with Crippen LogP contribution in [0, 0.1) is 6.92 Å². The molecular formula is C18H19ClN2O3. The van der Waals surface area contributed by atoms with E-state index >= 15 is 0 Å². The standard InChI is InChI=1S/C18H19ClN2O3/c1-12-2-4-14(11-15(12)19)21-18(22)20-7-6-13-3-5-16-17(10-13)24-9-8-23-16/h2-5,10-11H,6-9H2,1H3,(H2,20,21,22). The van der Waals surface area contributed by atoms with E-state index in [4.69, 9.17) is 21.1 Å². The first-order chi connectivity index (χ1) is 11.6. The van der Waals surface area contributed by atoms with Crippen LogP contribution in [-0.2, 0) is 6.42 Å². The normalized spacial score (nSPS) is 12.6. The summed E-state index contributed by atoms with van der Waals surface area (Å²) in [5.74, 6) is 1.53. The zero-order chi connectivity index (χ0) is 16.9. The van der Waals surface area contributed by atoms with Gasteiger partial charge in [-0.2, -0.15) is 0 Å². The predicted molar refractivity (Wildman–Crippen MR) is 94.3 cm³/mol. The molecule has 0 saturated carbocycles. The highest BCUT2D eigenvalue weighted by atomic mass is 35.5. The minimum Gasteiger partial charge on any atom is -0.486 e. The summed E-state index contributed by atoms with van der Waals surface area (Å²) in [4.78, 5) is 11.9. The van der Waals surface area contributed by atoms with Crippen LogP contribution in [0.25, 0.3) is 0 Å². The maximum Gasteiger partial charge on any atom is 0.319 e. The highest BCUT2D eigenvalue weighted by molar-refractivity contribution is 6.31. The Bertz CT molecular complexity index is 749. The van der Waals surface area contributed by atoms with Crippen LogP contribution < -0.4 is 20.1 Å². The second-order valence-electron chi connectivity index (χ2n) is 5.57. The molecule has 1 aliphatic heterocycles. The minimum absolute atomic E-state index is 0.257. The SMILES string of the molecule is Cc1ccc(NC(=O)NCCc2ccc3c(c2)OCCO3)cc1Cl. The van der Waals surface area contributed by atoms with Crippen LogP contribution in [0.15, 0.2) is 36.4 Å². The van der Waals surface area contributed by atoms with Gasteiger partial charge in [-0.3, -0.25) is 0 Å². The third-order valence-electron chi connectivity index (χ3n) is 3.74. The van der Waals surface area contributed by atoms with Crippen molar-refractivity contribution in [2.45, 2.75) is 13.3 Å². The number of anilines is 1. The second-order valence-corrected chi connectivity index (χ2v) is 5.98. The molecule has 126 valence electrons. The first-order valence-electron chi connectivity index (χ1n) is 7.81. The number of amides is 2. The van der Waals surface area contributed by atoms with Crippen LogP contribution in [0.4, 0.5) is 10.5 Å². The zero-order valence-corrected chi connectivity index (χ0v) is 14.2.